The summed E-state index contributed by atoms with van der Waals surface area (Å²) in [5, 5.41) is 4.00. The van der Waals surface area contributed by atoms with Gasteiger partial charge >= 0.3 is 0 Å². The molecule has 1 heterocycles. The molecule has 0 aliphatic rings. The quantitative estimate of drug-likeness (QED) is 0.198. The molecule has 0 aliphatic heterocycles. The molecule has 1 heteroatoms. The Morgan fingerprint density at radius 1 is 0.395 bits per heavy atom. The number of para-hydroxylation sites is 1. The first-order valence-electron chi connectivity index (χ1n) is 18.1. The Hall–Kier alpha value is -5.66. The van der Waals surface area contributed by atoms with Crippen molar-refractivity contribution in [2.75, 3.05) is 0 Å². The minimum atomic E-state index is -0.436. The molecule has 0 N–H and O–H groups in total. The molecule has 0 saturated carbocycles. The fourth-order valence-electron chi connectivity index (χ4n) is 6.54. The van der Waals surface area contributed by atoms with Gasteiger partial charge in [0.2, 0.25) is 0 Å². The summed E-state index contributed by atoms with van der Waals surface area (Å²) >= 11 is 0. The second-order valence-electron chi connectivity index (χ2n) is 10.6. The molecule has 0 amide bonds. The number of hydrogen-bond donors (Lipinski definition) is 0. The smallest absolute Gasteiger partial charge is 0.136 e. The van der Waals surface area contributed by atoms with Gasteiger partial charge in [-0.05, 0) is 78.3 Å². The van der Waals surface area contributed by atoms with Crippen LogP contribution in [0.3, 0.4) is 0 Å². The molecule has 9 rings (SSSR count). The van der Waals surface area contributed by atoms with E-state index >= 15 is 0 Å². The summed E-state index contributed by atoms with van der Waals surface area (Å²) in [6.45, 7) is 0. The Morgan fingerprint density at radius 2 is 0.977 bits per heavy atom. The molecule has 0 radical (unpaired) electrons. The number of fused-ring (bicyclic) bond motifs is 6. The summed E-state index contributed by atoms with van der Waals surface area (Å²) in [4.78, 5) is 0. The van der Waals surface area contributed by atoms with Crippen molar-refractivity contribution in [1.82, 2.24) is 0 Å². The van der Waals surface area contributed by atoms with Crippen LogP contribution in [0.15, 0.2) is 162 Å². The van der Waals surface area contributed by atoms with Crippen LogP contribution in [-0.4, -0.2) is 0 Å². The highest BCUT2D eigenvalue weighted by atomic mass is 16.3. The molecule has 200 valence electrons. The lowest BCUT2D eigenvalue weighted by molar-refractivity contribution is 0.669. The lowest BCUT2D eigenvalue weighted by Gasteiger charge is -2.21. The van der Waals surface area contributed by atoms with E-state index < -0.39 is 24.2 Å². The SMILES string of the molecule is [2H]c1c([2H])c([2H])c2c(-c3cccc4ccccc34)c3c([2H])c([2H])c([2H])c([2H])c3c(-c3ccc4oc5ccccc5c4c3-c3ccccc3)c2c1[2H]. The van der Waals surface area contributed by atoms with Gasteiger partial charge in [0, 0.05) is 16.3 Å². The molecule has 9 aromatic rings. The van der Waals surface area contributed by atoms with Gasteiger partial charge in [-0.1, -0.05) is 139 Å². The highest BCUT2D eigenvalue weighted by Gasteiger charge is 2.22. The molecule has 8 aromatic carbocycles. The summed E-state index contributed by atoms with van der Waals surface area (Å²) in [6, 6.07) is 31.4. The summed E-state index contributed by atoms with van der Waals surface area (Å²) in [6.07, 6.45) is 0. The molecule has 0 saturated heterocycles. The first-order valence-corrected chi connectivity index (χ1v) is 14.1. The first kappa shape index (κ1) is 17.3. The largest absolute Gasteiger partial charge is 0.456 e. The molecule has 1 aromatic heterocycles. The number of rotatable bonds is 3. The van der Waals surface area contributed by atoms with Gasteiger partial charge in [-0.15, -0.1) is 0 Å². The van der Waals surface area contributed by atoms with Crippen molar-refractivity contribution in [3.63, 3.8) is 0 Å². The maximum absolute atomic E-state index is 9.47. The van der Waals surface area contributed by atoms with E-state index in [4.69, 9.17) is 9.90 Å². The first-order chi connectivity index (χ1) is 24.7. The van der Waals surface area contributed by atoms with E-state index in [1.54, 1.807) is 0 Å². The number of benzene rings is 8. The van der Waals surface area contributed by atoms with Crippen LogP contribution in [0.1, 0.15) is 11.0 Å². The Kier molecular flexibility index (Phi) is 3.80. The second kappa shape index (κ2) is 9.44. The minimum Gasteiger partial charge on any atom is -0.456 e. The molecule has 0 fully saturated rings. The van der Waals surface area contributed by atoms with E-state index in [0.29, 0.717) is 33.4 Å². The van der Waals surface area contributed by atoms with E-state index in [1.165, 1.54) is 0 Å². The van der Waals surface area contributed by atoms with E-state index in [0.717, 1.165) is 32.7 Å². The molecule has 0 atom stereocenters. The van der Waals surface area contributed by atoms with Gasteiger partial charge in [0.05, 0.1) is 11.0 Å². The molecule has 0 aliphatic carbocycles. The van der Waals surface area contributed by atoms with Crippen molar-refractivity contribution in [1.29, 1.82) is 0 Å². The molecule has 43 heavy (non-hydrogen) atoms. The fourth-order valence-corrected chi connectivity index (χ4v) is 6.54. The van der Waals surface area contributed by atoms with Crippen LogP contribution in [0.25, 0.3) is 87.6 Å². The predicted molar refractivity (Wildman–Crippen MR) is 183 cm³/mol. The van der Waals surface area contributed by atoms with Crippen molar-refractivity contribution in [3.8, 4) is 33.4 Å². The maximum Gasteiger partial charge on any atom is 0.136 e. The monoisotopic (exact) mass is 554 g/mol. The Bertz CT molecular complexity index is 2860. The van der Waals surface area contributed by atoms with Gasteiger partial charge in [0.15, 0.2) is 0 Å². The van der Waals surface area contributed by atoms with Crippen LogP contribution in [0, 0.1) is 0 Å². The van der Waals surface area contributed by atoms with Crippen LogP contribution in [0.5, 0.6) is 0 Å². The molecular formula is C42H26O. The van der Waals surface area contributed by atoms with Crippen LogP contribution in [0.4, 0.5) is 0 Å². The zero-order chi connectivity index (χ0) is 35.3. The van der Waals surface area contributed by atoms with E-state index in [1.807, 2.05) is 109 Å². The lowest BCUT2D eigenvalue weighted by Crippen LogP contribution is -1.93. The average Bonchev–Trinajstić information content (AvgIpc) is 3.55. The number of hydrogen-bond acceptors (Lipinski definition) is 1. The molecular weight excluding hydrogens is 520 g/mol. The maximum atomic E-state index is 9.47. The van der Waals surface area contributed by atoms with Crippen LogP contribution in [0.2, 0.25) is 0 Å². The zero-order valence-corrected chi connectivity index (χ0v) is 22.8. The lowest BCUT2D eigenvalue weighted by atomic mass is 9.82. The van der Waals surface area contributed by atoms with Crippen molar-refractivity contribution in [2.45, 2.75) is 0 Å². The van der Waals surface area contributed by atoms with E-state index in [2.05, 4.69) is 0 Å². The second-order valence-corrected chi connectivity index (χ2v) is 10.6. The third-order valence-corrected chi connectivity index (χ3v) is 8.31. The predicted octanol–water partition coefficient (Wildman–Crippen LogP) is 12.0. The zero-order valence-electron chi connectivity index (χ0n) is 30.8. The third-order valence-electron chi connectivity index (χ3n) is 8.31. The highest BCUT2D eigenvalue weighted by molar-refractivity contribution is 6.26. The van der Waals surface area contributed by atoms with Gasteiger partial charge in [-0.2, -0.15) is 0 Å². The van der Waals surface area contributed by atoms with E-state index in [9.17, 15) is 5.48 Å². The van der Waals surface area contributed by atoms with E-state index in [-0.39, 0.29) is 45.7 Å². The van der Waals surface area contributed by atoms with Gasteiger partial charge in [0.25, 0.3) is 0 Å². The Balaban J connectivity index is 1.63. The minimum absolute atomic E-state index is 0.172. The topological polar surface area (TPSA) is 13.1 Å². The molecule has 0 bridgehead atoms. The highest BCUT2D eigenvalue weighted by Crippen LogP contribution is 2.49. The molecule has 0 spiro atoms. The standard InChI is InChI=1S/C42H26O/c1-2-14-28(15-3-1)39-36(25-26-38-42(39)35-22-10-11-24-37(35)43-38)41-33-20-8-6-18-31(33)40(32-19-7-9-21-34(32)41)30-23-12-16-27-13-4-5-17-29(27)30/h1-26H/i6D,7D,8D,9D,18D,19D,20D,21D. The summed E-state index contributed by atoms with van der Waals surface area (Å²) in [5.74, 6) is 0. The third kappa shape index (κ3) is 3.58. The van der Waals surface area contributed by atoms with Crippen LogP contribution >= 0.6 is 0 Å². The summed E-state index contributed by atoms with van der Waals surface area (Å²) in [5.41, 5.74) is 4.60. The normalized spacial score (nSPS) is 14.3. The number of furan rings is 1. The van der Waals surface area contributed by atoms with Gasteiger partial charge < -0.3 is 4.42 Å². The van der Waals surface area contributed by atoms with Crippen LogP contribution < -0.4 is 0 Å². The van der Waals surface area contributed by atoms with Crippen molar-refractivity contribution >= 4 is 54.3 Å². The molecule has 0 unspecified atom stereocenters. The summed E-state index contributed by atoms with van der Waals surface area (Å²) in [7, 11) is 0. The molecule has 1 nitrogen and oxygen atoms in total. The van der Waals surface area contributed by atoms with Gasteiger partial charge in [-0.25, -0.2) is 0 Å². The fraction of sp³-hybridized carbons (Fsp3) is 0. The Morgan fingerprint density at radius 3 is 1.70 bits per heavy atom. The van der Waals surface area contributed by atoms with Crippen molar-refractivity contribution < 1.29 is 15.4 Å². The van der Waals surface area contributed by atoms with Gasteiger partial charge in [0.1, 0.15) is 11.2 Å². The Labute approximate surface area is 260 Å². The average molecular weight is 555 g/mol. The summed E-state index contributed by atoms with van der Waals surface area (Å²) < 4.78 is 79.5. The van der Waals surface area contributed by atoms with Crippen molar-refractivity contribution in [3.05, 3.63) is 158 Å². The van der Waals surface area contributed by atoms with Crippen LogP contribution in [-0.2, 0) is 0 Å². The van der Waals surface area contributed by atoms with Crippen molar-refractivity contribution in [2.24, 2.45) is 0 Å². The van der Waals surface area contributed by atoms with Gasteiger partial charge in [-0.3, -0.25) is 0 Å².